The predicted octanol–water partition coefficient (Wildman–Crippen LogP) is 2.56. The van der Waals surface area contributed by atoms with Crippen LogP contribution in [0.25, 0.3) is 0 Å². The molecule has 0 aliphatic heterocycles. The van der Waals surface area contributed by atoms with E-state index in [4.69, 9.17) is 0 Å². The van der Waals surface area contributed by atoms with E-state index in [0.717, 1.165) is 16.1 Å². The first kappa shape index (κ1) is 27.0. The Labute approximate surface area is 205 Å². The molecule has 3 rings (SSSR count). The zero-order chi connectivity index (χ0) is 26.7. The summed E-state index contributed by atoms with van der Waals surface area (Å²) >= 11 is 0. The summed E-state index contributed by atoms with van der Waals surface area (Å²) < 4.78 is 65.5. The Bertz CT molecular complexity index is 1340. The maximum Gasteiger partial charge on any atom is 0.421 e. The van der Waals surface area contributed by atoms with Gasteiger partial charge in [-0.25, -0.2) is 18.4 Å². The summed E-state index contributed by atoms with van der Waals surface area (Å²) in [6.07, 6.45) is -1.44. The lowest BCUT2D eigenvalue weighted by molar-refractivity contribution is -0.137. The zero-order valence-electron chi connectivity index (χ0n) is 19.8. The molecule has 3 aromatic rings. The van der Waals surface area contributed by atoms with Gasteiger partial charge in [0.05, 0.1) is 12.8 Å². The van der Waals surface area contributed by atoms with Gasteiger partial charge >= 0.3 is 6.18 Å². The van der Waals surface area contributed by atoms with Gasteiger partial charge in [0, 0.05) is 31.3 Å². The summed E-state index contributed by atoms with van der Waals surface area (Å²) in [5.41, 5.74) is 0.853. The van der Waals surface area contributed by atoms with Crippen LogP contribution in [-0.2, 0) is 22.7 Å². The summed E-state index contributed by atoms with van der Waals surface area (Å²) in [5.74, 6) is -0.676. The van der Waals surface area contributed by atoms with Gasteiger partial charge in [0.25, 0.3) is 0 Å². The largest absolute Gasteiger partial charge is 0.421 e. The van der Waals surface area contributed by atoms with Gasteiger partial charge in [-0.05, 0) is 37.2 Å². The summed E-state index contributed by atoms with van der Waals surface area (Å²) in [4.78, 5) is 15.8. The molecule has 194 valence electrons. The topological polar surface area (TPSA) is 145 Å². The van der Waals surface area contributed by atoms with Crippen LogP contribution in [0.5, 0.6) is 0 Å². The third kappa shape index (κ3) is 6.35. The van der Waals surface area contributed by atoms with E-state index in [-0.39, 0.29) is 24.0 Å². The van der Waals surface area contributed by atoms with Crippen LogP contribution in [0.2, 0.25) is 0 Å². The number of sulfonamides is 1. The third-order valence-corrected chi connectivity index (χ3v) is 6.33. The first-order valence-corrected chi connectivity index (χ1v) is 12.3. The van der Waals surface area contributed by atoms with E-state index in [9.17, 15) is 26.7 Å². The minimum Gasteiger partial charge on any atom is -0.374 e. The lowest BCUT2D eigenvalue weighted by Gasteiger charge is -2.19. The van der Waals surface area contributed by atoms with Gasteiger partial charge in [-0.1, -0.05) is 6.07 Å². The molecule has 1 unspecified atom stereocenters. The number of alkyl halides is 3. The molecule has 11 nitrogen and oxygen atoms in total. The number of hydrogen-bond acceptors (Lipinski definition) is 10. The number of aryl methyl sites for hydroxylation is 1. The first-order chi connectivity index (χ1) is 16.8. The van der Waals surface area contributed by atoms with E-state index in [1.165, 1.54) is 19.4 Å². The highest BCUT2D eigenvalue weighted by Gasteiger charge is 2.35. The number of anilines is 4. The lowest BCUT2D eigenvalue weighted by atomic mass is 10.1. The molecule has 15 heteroatoms. The van der Waals surface area contributed by atoms with Crippen molar-refractivity contribution in [1.82, 2.24) is 25.3 Å². The Morgan fingerprint density at radius 3 is 2.47 bits per heavy atom. The fraction of sp³-hybridized carbons (Fsp3) is 0.333. The molecule has 2 heterocycles. The van der Waals surface area contributed by atoms with Gasteiger partial charge in [-0.2, -0.15) is 18.2 Å². The highest BCUT2D eigenvalue weighted by atomic mass is 32.2. The molecule has 1 atom stereocenters. The van der Waals surface area contributed by atoms with Gasteiger partial charge < -0.3 is 15.7 Å². The highest BCUT2D eigenvalue weighted by Crippen LogP contribution is 2.34. The first-order valence-electron chi connectivity index (χ1n) is 10.5. The Morgan fingerprint density at radius 2 is 1.86 bits per heavy atom. The number of nitrogens with zero attached hydrogens (tertiary/aromatic N) is 5. The van der Waals surface area contributed by atoms with Crippen molar-refractivity contribution in [1.29, 1.82) is 0 Å². The van der Waals surface area contributed by atoms with Gasteiger partial charge in [0.1, 0.15) is 23.3 Å². The molecule has 1 aromatic carbocycles. The van der Waals surface area contributed by atoms with Crippen molar-refractivity contribution < 1.29 is 26.7 Å². The predicted molar refractivity (Wildman–Crippen MR) is 128 cm³/mol. The highest BCUT2D eigenvalue weighted by molar-refractivity contribution is 7.92. The molecular formula is C21H25F3N8O3S. The molecule has 0 amide bonds. The zero-order valence-corrected chi connectivity index (χ0v) is 20.6. The summed E-state index contributed by atoms with van der Waals surface area (Å²) in [7, 11) is -0.815. The molecule has 0 aliphatic carbocycles. The number of benzene rings is 1. The number of nitrogens with one attached hydrogen (secondary N) is 3. The van der Waals surface area contributed by atoms with Crippen LogP contribution >= 0.6 is 0 Å². The van der Waals surface area contributed by atoms with Gasteiger partial charge in [-0.15, -0.1) is 0 Å². The molecule has 4 N–H and O–H groups in total. The van der Waals surface area contributed by atoms with E-state index >= 15 is 0 Å². The number of hydrogen-bond donors (Lipinski definition) is 4. The van der Waals surface area contributed by atoms with Crippen molar-refractivity contribution in [3.8, 4) is 0 Å². The van der Waals surface area contributed by atoms with Crippen molar-refractivity contribution in [2.75, 3.05) is 35.3 Å². The van der Waals surface area contributed by atoms with Crippen LogP contribution in [0.4, 0.5) is 36.4 Å². The monoisotopic (exact) mass is 526 g/mol. The third-order valence-electron chi connectivity index (χ3n) is 5.16. The smallest absolute Gasteiger partial charge is 0.374 e. The fourth-order valence-electron chi connectivity index (χ4n) is 3.20. The average molecular weight is 527 g/mol. The minimum atomic E-state index is -4.75. The van der Waals surface area contributed by atoms with E-state index in [0.29, 0.717) is 17.4 Å². The average Bonchev–Trinajstić information content (AvgIpc) is 2.81. The second-order valence-corrected chi connectivity index (χ2v) is 9.77. The lowest BCUT2D eigenvalue weighted by Crippen LogP contribution is -2.27. The van der Waals surface area contributed by atoms with Gasteiger partial charge in [0.2, 0.25) is 16.0 Å². The fourth-order valence-corrected chi connectivity index (χ4v) is 3.67. The van der Waals surface area contributed by atoms with Crippen LogP contribution in [0.15, 0.2) is 36.8 Å². The Balaban J connectivity index is 1.90. The van der Waals surface area contributed by atoms with Crippen LogP contribution in [0.3, 0.4) is 0 Å². The van der Waals surface area contributed by atoms with Crippen LogP contribution in [-0.4, -0.2) is 53.8 Å². The molecule has 0 fully saturated rings. The number of aromatic nitrogens is 4. The molecule has 0 saturated heterocycles. The quantitative estimate of drug-likeness (QED) is 0.307. The number of halogens is 3. The van der Waals surface area contributed by atoms with E-state index in [1.807, 2.05) is 0 Å². The standard InChI is InChI=1S/C21H25F3N8O3S/c1-12-9-13(5-6-14(12)19(33)25-2)30-20-29-10-15(21(22,23)24)17(31-20)28-11-16-18(27-8-7-26-16)32(3)36(4,34)35/h5-10,19,25,33H,11H2,1-4H3,(H2,28,29,30,31). The van der Waals surface area contributed by atoms with Crippen molar-refractivity contribution >= 4 is 33.3 Å². The van der Waals surface area contributed by atoms with E-state index in [1.54, 1.807) is 32.2 Å². The van der Waals surface area contributed by atoms with Gasteiger partial charge in [0.15, 0.2) is 5.82 Å². The molecule has 0 aliphatic rings. The Morgan fingerprint density at radius 1 is 1.17 bits per heavy atom. The second-order valence-electron chi connectivity index (χ2n) is 7.75. The Kier molecular flexibility index (Phi) is 7.96. The Hall–Kier alpha value is -3.56. The SMILES string of the molecule is CNC(O)c1ccc(Nc2ncc(C(F)(F)F)c(NCc3nccnc3N(C)S(C)(=O)=O)n2)cc1C. The summed E-state index contributed by atoms with van der Waals surface area (Å²) in [6.45, 7) is 1.48. The molecule has 2 aromatic heterocycles. The van der Waals surface area contributed by atoms with Crippen molar-refractivity contribution in [3.63, 3.8) is 0 Å². The van der Waals surface area contributed by atoms with Crippen molar-refractivity contribution in [2.45, 2.75) is 25.9 Å². The van der Waals surface area contributed by atoms with E-state index < -0.39 is 33.8 Å². The summed E-state index contributed by atoms with van der Waals surface area (Å²) in [6, 6.07) is 4.98. The normalized spacial score (nSPS) is 12.8. The molecule has 0 spiro atoms. The number of aliphatic hydroxyl groups is 1. The summed E-state index contributed by atoms with van der Waals surface area (Å²) in [5, 5.41) is 18.1. The van der Waals surface area contributed by atoms with Crippen LogP contribution in [0, 0.1) is 6.92 Å². The number of aliphatic hydroxyl groups excluding tert-OH is 1. The van der Waals surface area contributed by atoms with E-state index in [2.05, 4.69) is 35.9 Å². The maximum atomic E-state index is 13.6. The van der Waals surface area contributed by atoms with Gasteiger partial charge in [-0.3, -0.25) is 14.6 Å². The molecule has 0 radical (unpaired) electrons. The molecule has 0 saturated carbocycles. The van der Waals surface area contributed by atoms with Crippen LogP contribution < -0.4 is 20.3 Å². The van der Waals surface area contributed by atoms with Crippen molar-refractivity contribution in [3.05, 3.63) is 59.2 Å². The maximum absolute atomic E-state index is 13.6. The molecular weight excluding hydrogens is 501 g/mol. The van der Waals surface area contributed by atoms with Crippen molar-refractivity contribution in [2.24, 2.45) is 0 Å². The number of rotatable bonds is 9. The second kappa shape index (κ2) is 10.6. The van der Waals surface area contributed by atoms with Crippen LogP contribution in [0.1, 0.15) is 28.6 Å². The molecule has 36 heavy (non-hydrogen) atoms. The molecule has 0 bridgehead atoms. The minimum absolute atomic E-state index is 0.0345.